The van der Waals surface area contributed by atoms with Gasteiger partial charge in [-0.2, -0.15) is 0 Å². The topological polar surface area (TPSA) is 117 Å². The molecule has 7 nitrogen and oxygen atoms in total. The molecule has 0 aliphatic rings. The Bertz CT molecular complexity index is 1050. The Morgan fingerprint density at radius 2 is 0.793 bits per heavy atom. The average Bonchev–Trinajstić information content (AvgIpc) is 3.21. The highest BCUT2D eigenvalue weighted by atomic mass is 16.4. The number of pyridine rings is 1. The molecular formula is C51H95N3O4. The molecule has 0 saturated carbocycles. The molecule has 0 aliphatic heterocycles. The number of nitrogens with zero attached hydrogens (tertiary/aromatic N) is 2. The number of nitrogens with two attached hydrogens (primary N) is 1. The molecule has 0 fully saturated rings. The molecule has 1 rings (SSSR count). The summed E-state index contributed by atoms with van der Waals surface area (Å²) >= 11 is 0. The molecule has 0 spiro atoms. The minimum Gasteiger partial charge on any atom is -0.481 e. The molecule has 58 heavy (non-hydrogen) atoms. The Balaban J connectivity index is 2.73. The molecule has 0 aromatic carbocycles. The smallest absolute Gasteiger partial charge is 0.309 e. The molecular weight excluding hydrogens is 719 g/mol. The van der Waals surface area contributed by atoms with Gasteiger partial charge in [0.1, 0.15) is 5.82 Å². The first-order valence-electron chi connectivity index (χ1n) is 25.1. The van der Waals surface area contributed by atoms with Gasteiger partial charge < -0.3 is 20.8 Å². The highest BCUT2D eigenvalue weighted by molar-refractivity contribution is 5.75. The zero-order valence-corrected chi connectivity index (χ0v) is 38.8. The van der Waals surface area contributed by atoms with Crippen molar-refractivity contribution in [2.24, 2.45) is 10.8 Å². The Hall–Kier alpha value is -2.15. The highest BCUT2D eigenvalue weighted by Crippen LogP contribution is 2.39. The van der Waals surface area contributed by atoms with Gasteiger partial charge in [0, 0.05) is 12.7 Å². The number of aromatic nitrogens is 1. The maximum atomic E-state index is 12.8. The summed E-state index contributed by atoms with van der Waals surface area (Å²) in [6.45, 7) is 12.0. The van der Waals surface area contributed by atoms with Crippen molar-refractivity contribution < 1.29 is 19.8 Å². The van der Waals surface area contributed by atoms with Crippen molar-refractivity contribution >= 4 is 17.8 Å². The lowest BCUT2D eigenvalue weighted by atomic mass is 9.74. The van der Waals surface area contributed by atoms with E-state index in [1.54, 1.807) is 0 Å². The fraction of sp³-hybridized carbons (Fsp3) is 0.863. The van der Waals surface area contributed by atoms with E-state index in [1.165, 1.54) is 82.6 Å². The number of hydrogen-bond acceptors (Lipinski definition) is 5. The van der Waals surface area contributed by atoms with Gasteiger partial charge in [0.05, 0.1) is 10.8 Å². The van der Waals surface area contributed by atoms with E-state index in [-0.39, 0.29) is 0 Å². The molecule has 2 atom stereocenters. The first-order chi connectivity index (χ1) is 28.2. The predicted octanol–water partition coefficient (Wildman–Crippen LogP) is 15.0. The van der Waals surface area contributed by atoms with E-state index >= 15 is 0 Å². The number of carbonyl (C=O) groups is 2. The Labute approximate surface area is 358 Å². The lowest BCUT2D eigenvalue weighted by Crippen LogP contribution is -2.31. The van der Waals surface area contributed by atoms with Crippen LogP contribution in [0, 0.1) is 10.8 Å². The fourth-order valence-corrected chi connectivity index (χ4v) is 9.17. The van der Waals surface area contributed by atoms with Crippen LogP contribution in [-0.4, -0.2) is 51.7 Å². The molecule has 7 heteroatoms. The third-order valence-electron chi connectivity index (χ3n) is 13.3. The van der Waals surface area contributed by atoms with Crippen LogP contribution in [0.2, 0.25) is 0 Å². The average molecular weight is 814 g/mol. The molecule has 1 aromatic rings. The number of nitrogen functional groups attached to an aromatic ring is 1. The van der Waals surface area contributed by atoms with Gasteiger partial charge in [0.2, 0.25) is 0 Å². The first-order valence-corrected chi connectivity index (χ1v) is 25.1. The maximum absolute atomic E-state index is 12.8. The number of hydrogen-bond donors (Lipinski definition) is 3. The standard InChI is InChI=1S/C51H95N3O4/c1-5-9-13-17-19-27-38-50(48(55)56,36-25-15-11-7-3)40-29-21-23-31-42-54(44-35-46-33-34-47(52)53-45-46)43-32-24-22-30-41-51(49(57)58,37-26-16-12-8-4)39-28-20-18-14-10-6-2/h33-34,45H,5-32,35-44H2,1-4H3,(H2,52,53)(H,55,56)(H,57,58). The SMILES string of the molecule is CCCCCCCCC(CCCCCC)(CCCCCCN(CCCCCCC(CCCCCC)(CCCCCCCC)C(=O)O)CCc1ccc(N)nc1)C(=O)O. The normalized spacial score (nSPS) is 13.8. The van der Waals surface area contributed by atoms with Crippen LogP contribution < -0.4 is 5.73 Å². The van der Waals surface area contributed by atoms with Gasteiger partial charge in [0.25, 0.3) is 0 Å². The van der Waals surface area contributed by atoms with Gasteiger partial charge in [-0.25, -0.2) is 4.98 Å². The number of carboxylic acid groups (broad SMARTS) is 2. The Morgan fingerprint density at radius 3 is 1.10 bits per heavy atom. The minimum absolute atomic E-state index is 0.551. The third-order valence-corrected chi connectivity index (χ3v) is 13.3. The van der Waals surface area contributed by atoms with Crippen molar-refractivity contribution in [1.29, 1.82) is 0 Å². The summed E-state index contributed by atoms with van der Waals surface area (Å²) in [6, 6.07) is 3.98. The number of aliphatic carboxylic acids is 2. The van der Waals surface area contributed by atoms with Gasteiger partial charge >= 0.3 is 11.9 Å². The molecule has 2 unspecified atom stereocenters. The van der Waals surface area contributed by atoms with Crippen molar-refractivity contribution in [3.05, 3.63) is 23.9 Å². The minimum atomic E-state index is -0.556. The summed E-state index contributed by atoms with van der Waals surface area (Å²) in [6.07, 6.45) is 40.1. The monoisotopic (exact) mass is 814 g/mol. The molecule has 0 amide bonds. The molecule has 1 aromatic heterocycles. The van der Waals surface area contributed by atoms with E-state index in [2.05, 4.69) is 43.6 Å². The van der Waals surface area contributed by atoms with Crippen molar-refractivity contribution in [2.45, 2.75) is 252 Å². The van der Waals surface area contributed by atoms with Crippen LogP contribution in [0.5, 0.6) is 0 Å². The summed E-state index contributed by atoms with van der Waals surface area (Å²) in [4.78, 5) is 32.6. The summed E-state index contributed by atoms with van der Waals surface area (Å²) in [7, 11) is 0. The zero-order chi connectivity index (χ0) is 42.6. The van der Waals surface area contributed by atoms with Gasteiger partial charge in [0.15, 0.2) is 0 Å². The molecule has 0 radical (unpaired) electrons. The van der Waals surface area contributed by atoms with E-state index in [9.17, 15) is 19.8 Å². The third kappa shape index (κ3) is 25.5. The van der Waals surface area contributed by atoms with Crippen LogP contribution in [0.15, 0.2) is 18.3 Å². The van der Waals surface area contributed by atoms with Crippen molar-refractivity contribution in [3.63, 3.8) is 0 Å². The summed E-state index contributed by atoms with van der Waals surface area (Å²) in [5, 5.41) is 21.1. The van der Waals surface area contributed by atoms with Gasteiger partial charge in [-0.05, 0) is 82.5 Å². The Kier molecular flexibility index (Phi) is 33.1. The molecule has 0 bridgehead atoms. The van der Waals surface area contributed by atoms with E-state index in [4.69, 9.17) is 5.73 Å². The van der Waals surface area contributed by atoms with Crippen LogP contribution in [0.4, 0.5) is 5.82 Å². The number of unbranched alkanes of at least 4 members (excludes halogenated alkanes) is 22. The quantitative estimate of drug-likeness (QED) is 0.0562. The van der Waals surface area contributed by atoms with Crippen molar-refractivity contribution in [3.8, 4) is 0 Å². The zero-order valence-electron chi connectivity index (χ0n) is 38.8. The van der Waals surface area contributed by atoms with Crippen LogP contribution in [-0.2, 0) is 16.0 Å². The number of anilines is 1. The second-order valence-corrected chi connectivity index (χ2v) is 18.3. The summed E-state index contributed by atoms with van der Waals surface area (Å²) in [5.41, 5.74) is 5.97. The fourth-order valence-electron chi connectivity index (χ4n) is 9.17. The van der Waals surface area contributed by atoms with E-state index < -0.39 is 22.8 Å². The number of carboxylic acids is 2. The largest absolute Gasteiger partial charge is 0.481 e. The predicted molar refractivity (Wildman–Crippen MR) is 249 cm³/mol. The number of rotatable bonds is 43. The van der Waals surface area contributed by atoms with Gasteiger partial charge in [-0.3, -0.25) is 9.59 Å². The van der Waals surface area contributed by atoms with Crippen LogP contribution in [0.3, 0.4) is 0 Å². The van der Waals surface area contributed by atoms with Gasteiger partial charge in [-0.15, -0.1) is 0 Å². The second-order valence-electron chi connectivity index (χ2n) is 18.3. The van der Waals surface area contributed by atoms with Gasteiger partial charge in [-0.1, -0.05) is 201 Å². The summed E-state index contributed by atoms with van der Waals surface area (Å²) in [5.74, 6) is -0.557. The van der Waals surface area contributed by atoms with E-state index in [0.29, 0.717) is 5.82 Å². The van der Waals surface area contributed by atoms with Crippen LogP contribution >= 0.6 is 0 Å². The molecule has 0 aliphatic carbocycles. The van der Waals surface area contributed by atoms with Crippen LogP contribution in [0.1, 0.15) is 252 Å². The van der Waals surface area contributed by atoms with Crippen molar-refractivity contribution in [2.75, 3.05) is 25.4 Å². The summed E-state index contributed by atoms with van der Waals surface area (Å²) < 4.78 is 0. The highest BCUT2D eigenvalue weighted by Gasteiger charge is 2.37. The lowest BCUT2D eigenvalue weighted by Gasteiger charge is -2.30. The lowest BCUT2D eigenvalue weighted by molar-refractivity contribution is -0.151. The molecule has 0 saturated heterocycles. The van der Waals surface area contributed by atoms with Crippen LogP contribution in [0.25, 0.3) is 0 Å². The molecule has 338 valence electrons. The molecule has 1 heterocycles. The Morgan fingerprint density at radius 1 is 0.483 bits per heavy atom. The molecule has 4 N–H and O–H groups in total. The van der Waals surface area contributed by atoms with E-state index in [0.717, 1.165) is 167 Å². The maximum Gasteiger partial charge on any atom is 0.309 e. The van der Waals surface area contributed by atoms with E-state index in [1.807, 2.05) is 12.3 Å². The van der Waals surface area contributed by atoms with Crippen molar-refractivity contribution in [1.82, 2.24) is 9.88 Å². The first kappa shape index (κ1) is 53.9. The second kappa shape index (κ2) is 35.6.